The highest BCUT2D eigenvalue weighted by Gasteiger charge is 2.16. The van der Waals surface area contributed by atoms with E-state index in [1.807, 2.05) is 25.1 Å². The maximum absolute atomic E-state index is 12.4. The lowest BCUT2D eigenvalue weighted by Crippen LogP contribution is -2.29. The SMILES string of the molecule is Cc1nc(CNC(=O)Cn2ccc(=O)c3ccccc32)nc2c1CCCC2. The molecule has 0 saturated heterocycles. The van der Waals surface area contributed by atoms with E-state index in [4.69, 9.17) is 0 Å². The molecule has 1 aliphatic rings. The average molecular weight is 362 g/mol. The van der Waals surface area contributed by atoms with Crippen LogP contribution >= 0.6 is 0 Å². The van der Waals surface area contributed by atoms with Crippen LogP contribution in [0.1, 0.15) is 35.6 Å². The number of rotatable bonds is 4. The number of aromatic nitrogens is 3. The summed E-state index contributed by atoms with van der Waals surface area (Å²) in [6.07, 6.45) is 6.05. The minimum absolute atomic E-state index is 0.0415. The first-order valence-electron chi connectivity index (χ1n) is 9.32. The summed E-state index contributed by atoms with van der Waals surface area (Å²) in [5.41, 5.74) is 4.14. The number of fused-ring (bicyclic) bond motifs is 2. The van der Waals surface area contributed by atoms with Gasteiger partial charge in [0.15, 0.2) is 5.43 Å². The number of carbonyl (C=O) groups excluding carboxylic acids is 1. The largest absolute Gasteiger partial charge is 0.347 e. The van der Waals surface area contributed by atoms with E-state index < -0.39 is 0 Å². The molecule has 138 valence electrons. The van der Waals surface area contributed by atoms with E-state index in [0.29, 0.717) is 17.8 Å². The zero-order valence-corrected chi connectivity index (χ0v) is 15.4. The number of nitrogens with zero attached hydrogens (tertiary/aromatic N) is 3. The second-order valence-electron chi connectivity index (χ2n) is 6.96. The van der Waals surface area contributed by atoms with Crippen LogP contribution in [-0.2, 0) is 30.7 Å². The third-order valence-electron chi connectivity index (χ3n) is 5.08. The van der Waals surface area contributed by atoms with E-state index in [0.717, 1.165) is 36.2 Å². The van der Waals surface area contributed by atoms with Crippen LogP contribution in [0, 0.1) is 6.92 Å². The van der Waals surface area contributed by atoms with Crippen LogP contribution in [-0.4, -0.2) is 20.4 Å². The minimum Gasteiger partial charge on any atom is -0.347 e. The predicted molar refractivity (Wildman–Crippen MR) is 103 cm³/mol. The van der Waals surface area contributed by atoms with Gasteiger partial charge in [0.2, 0.25) is 5.91 Å². The second-order valence-corrected chi connectivity index (χ2v) is 6.96. The Labute approximate surface area is 157 Å². The van der Waals surface area contributed by atoms with Gasteiger partial charge >= 0.3 is 0 Å². The lowest BCUT2D eigenvalue weighted by Gasteiger charge is -2.17. The monoisotopic (exact) mass is 362 g/mol. The fraction of sp³-hybridized carbons (Fsp3) is 0.333. The molecule has 6 nitrogen and oxygen atoms in total. The molecule has 0 bridgehead atoms. The number of hydrogen-bond acceptors (Lipinski definition) is 4. The van der Waals surface area contributed by atoms with Gasteiger partial charge in [-0.2, -0.15) is 0 Å². The highest BCUT2D eigenvalue weighted by atomic mass is 16.2. The van der Waals surface area contributed by atoms with Crippen molar-refractivity contribution in [3.63, 3.8) is 0 Å². The molecule has 6 heteroatoms. The van der Waals surface area contributed by atoms with E-state index in [1.54, 1.807) is 16.8 Å². The van der Waals surface area contributed by atoms with E-state index in [9.17, 15) is 9.59 Å². The van der Waals surface area contributed by atoms with Crippen molar-refractivity contribution < 1.29 is 4.79 Å². The lowest BCUT2D eigenvalue weighted by atomic mass is 9.95. The zero-order chi connectivity index (χ0) is 18.8. The molecule has 0 atom stereocenters. The van der Waals surface area contributed by atoms with Crippen molar-refractivity contribution in [3.05, 3.63) is 69.5 Å². The molecular formula is C21H22N4O2. The van der Waals surface area contributed by atoms with Gasteiger partial charge in [-0.05, 0) is 50.3 Å². The van der Waals surface area contributed by atoms with E-state index in [2.05, 4.69) is 15.3 Å². The normalized spacial score (nSPS) is 13.4. The van der Waals surface area contributed by atoms with Crippen molar-refractivity contribution in [2.75, 3.05) is 0 Å². The molecule has 4 rings (SSSR count). The molecule has 1 aliphatic carbocycles. The Kier molecular flexibility index (Phi) is 4.71. The highest BCUT2D eigenvalue weighted by Crippen LogP contribution is 2.21. The Hall–Kier alpha value is -3.02. The van der Waals surface area contributed by atoms with Crippen molar-refractivity contribution >= 4 is 16.8 Å². The molecule has 1 N–H and O–H groups in total. The standard InChI is InChI=1S/C21H22N4O2/c1-14-15-6-2-4-8-17(15)24-20(23-14)12-22-21(27)13-25-11-10-19(26)16-7-3-5-9-18(16)25/h3,5,7,9-11H,2,4,6,8,12-13H2,1H3,(H,22,27). The molecule has 0 saturated carbocycles. The maximum Gasteiger partial charge on any atom is 0.240 e. The average Bonchev–Trinajstić information content (AvgIpc) is 2.69. The van der Waals surface area contributed by atoms with Crippen LogP contribution in [0.4, 0.5) is 0 Å². The van der Waals surface area contributed by atoms with E-state index in [1.165, 1.54) is 18.1 Å². The molecule has 2 heterocycles. The maximum atomic E-state index is 12.4. The van der Waals surface area contributed by atoms with Crippen LogP contribution in [0.3, 0.4) is 0 Å². The van der Waals surface area contributed by atoms with Crippen LogP contribution in [0.2, 0.25) is 0 Å². The Balaban J connectivity index is 1.47. The van der Waals surface area contributed by atoms with Gasteiger partial charge in [0.25, 0.3) is 0 Å². The summed E-state index contributed by atoms with van der Waals surface area (Å²) in [7, 11) is 0. The van der Waals surface area contributed by atoms with Gasteiger partial charge in [-0.1, -0.05) is 12.1 Å². The molecule has 1 aromatic carbocycles. The smallest absolute Gasteiger partial charge is 0.240 e. The van der Waals surface area contributed by atoms with Crippen molar-refractivity contribution in [1.29, 1.82) is 0 Å². The fourth-order valence-corrected chi connectivity index (χ4v) is 3.71. The Bertz CT molecular complexity index is 1070. The first-order chi connectivity index (χ1) is 13.1. The van der Waals surface area contributed by atoms with Gasteiger partial charge in [-0.3, -0.25) is 9.59 Å². The number of carbonyl (C=O) groups is 1. The van der Waals surface area contributed by atoms with E-state index >= 15 is 0 Å². The number of pyridine rings is 1. The summed E-state index contributed by atoms with van der Waals surface area (Å²) in [5.74, 6) is 0.522. The molecular weight excluding hydrogens is 340 g/mol. The number of aryl methyl sites for hydroxylation is 2. The van der Waals surface area contributed by atoms with Crippen molar-refractivity contribution in [3.8, 4) is 0 Å². The van der Waals surface area contributed by atoms with Crippen molar-refractivity contribution in [2.45, 2.75) is 45.7 Å². The second kappa shape index (κ2) is 7.31. The van der Waals surface area contributed by atoms with Crippen LogP contribution in [0.25, 0.3) is 10.9 Å². The van der Waals surface area contributed by atoms with Gasteiger partial charge in [-0.15, -0.1) is 0 Å². The molecule has 0 unspecified atom stereocenters. The van der Waals surface area contributed by atoms with E-state index in [-0.39, 0.29) is 17.9 Å². The predicted octanol–water partition coefficient (Wildman–Crippen LogP) is 2.30. The molecule has 3 aromatic rings. The highest BCUT2D eigenvalue weighted by molar-refractivity contribution is 5.82. The van der Waals surface area contributed by atoms with Crippen molar-refractivity contribution in [1.82, 2.24) is 19.9 Å². The van der Waals surface area contributed by atoms with Gasteiger partial charge < -0.3 is 9.88 Å². The summed E-state index contributed by atoms with van der Waals surface area (Å²) in [5, 5.41) is 3.51. The van der Waals surface area contributed by atoms with Gasteiger partial charge in [-0.25, -0.2) is 9.97 Å². The van der Waals surface area contributed by atoms with Gasteiger partial charge in [0.1, 0.15) is 12.4 Å². The van der Waals surface area contributed by atoms with Gasteiger partial charge in [0.05, 0.1) is 12.1 Å². The molecule has 0 spiro atoms. The number of amides is 1. The number of benzene rings is 1. The molecule has 2 aromatic heterocycles. The molecule has 1 amide bonds. The Morgan fingerprint density at radius 3 is 2.85 bits per heavy atom. The number of hydrogen-bond donors (Lipinski definition) is 1. The first kappa shape index (κ1) is 17.4. The third-order valence-corrected chi connectivity index (χ3v) is 5.08. The summed E-state index contributed by atoms with van der Waals surface area (Å²) < 4.78 is 1.78. The lowest BCUT2D eigenvalue weighted by molar-refractivity contribution is -0.121. The van der Waals surface area contributed by atoms with Crippen LogP contribution < -0.4 is 10.7 Å². The summed E-state index contributed by atoms with van der Waals surface area (Å²) in [4.78, 5) is 33.6. The Morgan fingerprint density at radius 1 is 1.15 bits per heavy atom. The third kappa shape index (κ3) is 3.60. The molecule has 0 radical (unpaired) electrons. The molecule has 0 fully saturated rings. The van der Waals surface area contributed by atoms with Crippen LogP contribution in [0.15, 0.2) is 41.3 Å². The summed E-state index contributed by atoms with van der Waals surface area (Å²) in [6.45, 7) is 2.47. The number of nitrogens with one attached hydrogen (secondary N) is 1. The minimum atomic E-state index is -0.136. The number of para-hydroxylation sites is 1. The van der Waals surface area contributed by atoms with Crippen molar-refractivity contribution in [2.24, 2.45) is 0 Å². The Morgan fingerprint density at radius 2 is 1.96 bits per heavy atom. The zero-order valence-electron chi connectivity index (χ0n) is 15.4. The van der Waals surface area contributed by atoms with Gasteiger partial charge in [0, 0.05) is 29.0 Å². The first-order valence-corrected chi connectivity index (χ1v) is 9.32. The summed E-state index contributed by atoms with van der Waals surface area (Å²) >= 11 is 0. The topological polar surface area (TPSA) is 76.9 Å². The van der Waals surface area contributed by atoms with Crippen LogP contribution in [0.5, 0.6) is 0 Å². The molecule has 27 heavy (non-hydrogen) atoms. The molecule has 0 aliphatic heterocycles. The fourth-order valence-electron chi connectivity index (χ4n) is 3.71. The quantitative estimate of drug-likeness (QED) is 0.773. The summed E-state index contributed by atoms with van der Waals surface area (Å²) in [6, 6.07) is 8.80.